The lowest BCUT2D eigenvalue weighted by molar-refractivity contribution is -0.130. The van der Waals surface area contributed by atoms with Gasteiger partial charge in [0.05, 0.1) is 13.1 Å². The molecule has 0 saturated carbocycles. The van der Waals surface area contributed by atoms with Crippen LogP contribution >= 0.6 is 0 Å². The number of carbonyl (C=O) groups is 3. The molecule has 0 bridgehead atoms. The molecule has 0 fully saturated rings. The molecule has 0 aliphatic heterocycles. The summed E-state index contributed by atoms with van der Waals surface area (Å²) in [4.78, 5) is 40.3. The summed E-state index contributed by atoms with van der Waals surface area (Å²) in [5, 5.41) is 11.5. The first-order valence-electron chi connectivity index (χ1n) is 20.7. The van der Waals surface area contributed by atoms with Gasteiger partial charge in [0.1, 0.15) is 17.7 Å². The smallest absolute Gasteiger partial charge is 0.243 e. The molecule has 0 aromatic heterocycles. The van der Waals surface area contributed by atoms with E-state index in [-0.39, 0.29) is 42.6 Å². The summed E-state index contributed by atoms with van der Waals surface area (Å²) in [7, 11) is 0. The van der Waals surface area contributed by atoms with Gasteiger partial charge in [-0.2, -0.15) is 0 Å². The maximum atomic E-state index is 14.3. The van der Waals surface area contributed by atoms with Gasteiger partial charge in [0.25, 0.3) is 0 Å². The molecule has 0 saturated heterocycles. The summed E-state index contributed by atoms with van der Waals surface area (Å²) in [6.45, 7) is 21.0. The van der Waals surface area contributed by atoms with E-state index in [1.54, 1.807) is 12.1 Å². The molecule has 54 heavy (non-hydrogen) atoms. The average molecular weight is 760 g/mol. The van der Waals surface area contributed by atoms with Gasteiger partial charge in [-0.3, -0.25) is 14.4 Å². The first-order chi connectivity index (χ1) is 25.9. The van der Waals surface area contributed by atoms with E-state index in [2.05, 4.69) is 60.8 Å². The highest BCUT2D eigenvalue weighted by Gasteiger charge is 2.23. The molecule has 1 unspecified atom stereocenters. The van der Waals surface area contributed by atoms with E-state index in [1.807, 2.05) is 45.9 Å². The van der Waals surface area contributed by atoms with E-state index in [0.29, 0.717) is 32.4 Å². The Balaban J connectivity index is 0.00000167. The Morgan fingerprint density at radius 3 is 2.04 bits per heavy atom. The van der Waals surface area contributed by atoms with Crippen LogP contribution in [0.4, 0.5) is 8.78 Å². The molecule has 2 aromatic carbocycles. The molecule has 2 atom stereocenters. The second-order valence-electron chi connectivity index (χ2n) is 14.2. The van der Waals surface area contributed by atoms with Crippen molar-refractivity contribution in [3.63, 3.8) is 0 Å². The number of amides is 3. The third-order valence-corrected chi connectivity index (χ3v) is 8.75. The Morgan fingerprint density at radius 1 is 0.722 bits per heavy atom. The molecule has 3 amide bonds. The molecular weight excluding hydrogens is 685 g/mol. The van der Waals surface area contributed by atoms with Crippen molar-refractivity contribution < 1.29 is 23.2 Å². The van der Waals surface area contributed by atoms with E-state index >= 15 is 0 Å². The quantitative estimate of drug-likeness (QED) is 0.0809. The number of nitrogens with one attached hydrogen (secondary N) is 4. The van der Waals surface area contributed by atoms with Crippen molar-refractivity contribution in [3.8, 4) is 0 Å². The highest BCUT2D eigenvalue weighted by molar-refractivity contribution is 5.90. The average Bonchev–Trinajstić information content (AvgIpc) is 3.14. The molecule has 2 aromatic rings. The van der Waals surface area contributed by atoms with E-state index < -0.39 is 11.9 Å². The summed E-state index contributed by atoms with van der Waals surface area (Å²) >= 11 is 0. The lowest BCUT2D eigenvalue weighted by Gasteiger charge is -2.27. The fourth-order valence-corrected chi connectivity index (χ4v) is 5.65. The van der Waals surface area contributed by atoms with Gasteiger partial charge in [0.15, 0.2) is 0 Å². The lowest BCUT2D eigenvalue weighted by atomic mass is 9.99. The van der Waals surface area contributed by atoms with Gasteiger partial charge in [0.2, 0.25) is 17.7 Å². The minimum absolute atomic E-state index is 0.0631. The van der Waals surface area contributed by atoms with Crippen molar-refractivity contribution in [3.05, 3.63) is 70.3 Å². The Labute approximate surface area is 327 Å². The number of hydrogen-bond donors (Lipinski definition) is 4. The van der Waals surface area contributed by atoms with Gasteiger partial charge in [-0.1, -0.05) is 105 Å². The summed E-state index contributed by atoms with van der Waals surface area (Å²) in [6, 6.07) is 10.1. The van der Waals surface area contributed by atoms with E-state index in [4.69, 9.17) is 0 Å². The third kappa shape index (κ3) is 23.4. The van der Waals surface area contributed by atoms with Crippen molar-refractivity contribution in [2.45, 2.75) is 151 Å². The molecule has 2 rings (SSSR count). The lowest BCUT2D eigenvalue weighted by Crippen LogP contribution is -2.55. The predicted octanol–water partition coefficient (Wildman–Crippen LogP) is 8.22. The fraction of sp³-hybridized carbons (Fsp3) is 0.659. The normalized spacial score (nSPS) is 11.8. The SMILES string of the molecule is CCC.CCCCCN(CCC)CC(NC(=O)CNC(=O)CN[C@@H](C)CC)C(=O)NCCCc1cccc(F)c1CCC.CCCc1ccc(C)cc1F. The number of nitrogens with zero attached hydrogens (tertiary/aromatic N) is 1. The van der Waals surface area contributed by atoms with E-state index in [1.165, 1.54) is 12.5 Å². The second-order valence-corrected chi connectivity index (χ2v) is 14.2. The van der Waals surface area contributed by atoms with Crippen LogP contribution in [0.2, 0.25) is 0 Å². The first kappa shape index (κ1) is 50.6. The van der Waals surface area contributed by atoms with Crippen LogP contribution in [0.5, 0.6) is 0 Å². The molecule has 0 aliphatic carbocycles. The van der Waals surface area contributed by atoms with Gasteiger partial charge in [-0.15, -0.1) is 0 Å². The highest BCUT2D eigenvalue weighted by atomic mass is 19.1. The van der Waals surface area contributed by atoms with Crippen molar-refractivity contribution >= 4 is 17.7 Å². The Hall–Kier alpha value is -3.37. The molecule has 8 nitrogen and oxygen atoms in total. The van der Waals surface area contributed by atoms with Crippen molar-refractivity contribution in [1.82, 2.24) is 26.2 Å². The second kappa shape index (κ2) is 31.9. The van der Waals surface area contributed by atoms with Crippen LogP contribution in [0.25, 0.3) is 0 Å². The van der Waals surface area contributed by atoms with Crippen LogP contribution < -0.4 is 21.3 Å². The van der Waals surface area contributed by atoms with Crippen LogP contribution in [-0.4, -0.2) is 74.0 Å². The Morgan fingerprint density at radius 2 is 1.43 bits per heavy atom. The number of halogens is 2. The fourth-order valence-electron chi connectivity index (χ4n) is 5.65. The van der Waals surface area contributed by atoms with Crippen LogP contribution in [0.3, 0.4) is 0 Å². The molecule has 0 heterocycles. The zero-order valence-corrected chi connectivity index (χ0v) is 35.3. The van der Waals surface area contributed by atoms with Gasteiger partial charge in [-0.25, -0.2) is 8.78 Å². The third-order valence-electron chi connectivity index (χ3n) is 8.75. The molecule has 0 spiro atoms. The van der Waals surface area contributed by atoms with Crippen LogP contribution in [-0.2, 0) is 33.6 Å². The summed E-state index contributed by atoms with van der Waals surface area (Å²) in [5.74, 6) is -1.14. The first-order valence-corrected chi connectivity index (χ1v) is 20.7. The van der Waals surface area contributed by atoms with Crippen LogP contribution in [0.15, 0.2) is 36.4 Å². The number of unbranched alkanes of at least 4 members (excludes halogenated alkanes) is 2. The topological polar surface area (TPSA) is 103 Å². The van der Waals surface area contributed by atoms with Gasteiger partial charge in [-0.05, 0) is 106 Å². The summed E-state index contributed by atoms with van der Waals surface area (Å²) < 4.78 is 27.3. The summed E-state index contributed by atoms with van der Waals surface area (Å²) in [6.07, 6.45) is 11.1. The minimum Gasteiger partial charge on any atom is -0.354 e. The maximum absolute atomic E-state index is 14.3. The number of benzene rings is 2. The predicted molar refractivity (Wildman–Crippen MR) is 222 cm³/mol. The molecule has 10 heteroatoms. The van der Waals surface area contributed by atoms with Gasteiger partial charge < -0.3 is 26.2 Å². The zero-order chi connectivity index (χ0) is 40.7. The van der Waals surface area contributed by atoms with Crippen molar-refractivity contribution in [1.29, 1.82) is 0 Å². The molecule has 308 valence electrons. The molecule has 0 aliphatic rings. The molecule has 0 radical (unpaired) electrons. The number of aryl methyl sites for hydroxylation is 3. The van der Waals surface area contributed by atoms with Gasteiger partial charge >= 0.3 is 0 Å². The molecular formula is C44H75F2N5O3. The minimum atomic E-state index is -0.736. The van der Waals surface area contributed by atoms with E-state index in [0.717, 1.165) is 86.7 Å². The summed E-state index contributed by atoms with van der Waals surface area (Å²) in [5.41, 5.74) is 3.55. The highest BCUT2D eigenvalue weighted by Crippen LogP contribution is 2.17. The van der Waals surface area contributed by atoms with Gasteiger partial charge in [0, 0.05) is 19.1 Å². The monoisotopic (exact) mass is 760 g/mol. The zero-order valence-electron chi connectivity index (χ0n) is 35.3. The number of rotatable bonds is 24. The van der Waals surface area contributed by atoms with Crippen molar-refractivity contribution in [2.24, 2.45) is 0 Å². The van der Waals surface area contributed by atoms with Crippen molar-refractivity contribution in [2.75, 3.05) is 39.3 Å². The van der Waals surface area contributed by atoms with Crippen LogP contribution in [0.1, 0.15) is 135 Å². The number of hydrogen-bond acceptors (Lipinski definition) is 5. The van der Waals surface area contributed by atoms with Crippen LogP contribution in [0, 0.1) is 18.6 Å². The maximum Gasteiger partial charge on any atom is 0.243 e. The Kier molecular flexibility index (Phi) is 29.9. The van der Waals surface area contributed by atoms with E-state index in [9.17, 15) is 23.2 Å². The Bertz CT molecular complexity index is 1310. The largest absolute Gasteiger partial charge is 0.354 e. The molecule has 4 N–H and O–H groups in total. The standard InChI is InChI=1S/C31H54FN5O3.C10H13F.C3H8/c1-6-10-11-20-37(19-8-3)23-28(36-30(39)22-35-29(38)21-34-24(5)9-4)31(40)33-18-13-16-25-15-12-17-27(32)26(25)14-7-2;1-3-4-9-6-5-8(2)7-10(9)11;1-3-2/h12,15,17,24,28,34H,6-11,13-14,16,18-23H2,1-5H3,(H,33,40)(H,35,38)(H,36,39);5-7H,3-4H2,1-2H3;3H2,1-2H3/t24-,28?;;/m0../s1. The number of carbonyl (C=O) groups excluding carboxylic acids is 3.